The van der Waals surface area contributed by atoms with E-state index < -0.39 is 36.6 Å². The van der Waals surface area contributed by atoms with Gasteiger partial charge in [0.1, 0.15) is 12.5 Å². The summed E-state index contributed by atoms with van der Waals surface area (Å²) in [6.07, 6.45) is -5.40. The Kier molecular flexibility index (Phi) is 5.59. The second kappa shape index (κ2) is 7.81. The van der Waals surface area contributed by atoms with Crippen molar-refractivity contribution < 1.29 is 31.6 Å². The maximum Gasteiger partial charge on any atom is 0.435 e. The number of rotatable bonds is 5. The molecule has 4 nitrogen and oxygen atoms in total. The van der Waals surface area contributed by atoms with Crippen LogP contribution in [0.1, 0.15) is 33.5 Å². The number of hydrogen-bond donors (Lipinski definition) is 1. The Balaban J connectivity index is 1.89. The molecule has 29 heavy (non-hydrogen) atoms. The molecular weight excluding hydrogens is 395 g/mol. The van der Waals surface area contributed by atoms with Crippen molar-refractivity contribution in [1.82, 2.24) is 5.32 Å². The first-order valence-electron chi connectivity index (χ1n) is 8.71. The van der Waals surface area contributed by atoms with E-state index in [2.05, 4.69) is 10.5 Å². The largest absolute Gasteiger partial charge is 0.435 e. The zero-order chi connectivity index (χ0) is 21.2. The summed E-state index contributed by atoms with van der Waals surface area (Å²) in [6.45, 7) is 0.771. The second-order valence-electron chi connectivity index (χ2n) is 6.61. The van der Waals surface area contributed by atoms with Crippen LogP contribution in [0.4, 0.5) is 22.0 Å². The van der Waals surface area contributed by atoms with Gasteiger partial charge in [-0.2, -0.15) is 13.2 Å². The quantitative estimate of drug-likeness (QED) is 0.740. The van der Waals surface area contributed by atoms with Crippen LogP contribution in [0.25, 0.3) is 0 Å². The minimum atomic E-state index is -4.79. The molecule has 3 rings (SSSR count). The van der Waals surface area contributed by atoms with Crippen molar-refractivity contribution >= 4 is 11.6 Å². The van der Waals surface area contributed by atoms with E-state index in [1.807, 2.05) is 0 Å². The van der Waals surface area contributed by atoms with Crippen LogP contribution in [0, 0.1) is 12.7 Å². The molecule has 1 aliphatic rings. The average molecular weight is 412 g/mol. The lowest BCUT2D eigenvalue weighted by molar-refractivity contribution is -0.275. The van der Waals surface area contributed by atoms with E-state index in [4.69, 9.17) is 4.84 Å². The van der Waals surface area contributed by atoms with Crippen molar-refractivity contribution in [3.63, 3.8) is 0 Å². The molecule has 1 aliphatic heterocycles. The molecule has 0 saturated heterocycles. The van der Waals surface area contributed by atoms with E-state index in [9.17, 15) is 26.7 Å². The molecule has 0 spiro atoms. The van der Waals surface area contributed by atoms with Crippen molar-refractivity contribution in [2.45, 2.75) is 25.1 Å². The maximum absolute atomic E-state index is 13.9. The summed E-state index contributed by atoms with van der Waals surface area (Å²) in [5.41, 5.74) is -1.80. The lowest BCUT2D eigenvalue weighted by atomic mass is 9.86. The van der Waals surface area contributed by atoms with Gasteiger partial charge in [0.15, 0.2) is 0 Å². The summed E-state index contributed by atoms with van der Waals surface area (Å²) >= 11 is 0. The summed E-state index contributed by atoms with van der Waals surface area (Å²) in [5.74, 6) is -1.14. The summed E-state index contributed by atoms with van der Waals surface area (Å²) in [4.78, 5) is 16.9. The minimum absolute atomic E-state index is 0.0467. The summed E-state index contributed by atoms with van der Waals surface area (Å²) in [5, 5.41) is 6.03. The van der Waals surface area contributed by atoms with Crippen LogP contribution < -0.4 is 5.32 Å². The van der Waals surface area contributed by atoms with E-state index in [1.165, 1.54) is 18.2 Å². The van der Waals surface area contributed by atoms with Crippen LogP contribution in [-0.4, -0.2) is 31.0 Å². The Morgan fingerprint density at radius 1 is 1.21 bits per heavy atom. The van der Waals surface area contributed by atoms with E-state index >= 15 is 0 Å². The van der Waals surface area contributed by atoms with Crippen LogP contribution >= 0.6 is 0 Å². The molecule has 1 unspecified atom stereocenters. The van der Waals surface area contributed by atoms with Gasteiger partial charge >= 0.3 is 6.18 Å². The fourth-order valence-corrected chi connectivity index (χ4v) is 3.13. The number of hydrogen-bond acceptors (Lipinski definition) is 3. The predicted octanol–water partition coefficient (Wildman–Crippen LogP) is 4.42. The minimum Gasteiger partial charge on any atom is -0.374 e. The van der Waals surface area contributed by atoms with Gasteiger partial charge in [0.05, 0.1) is 5.71 Å². The highest BCUT2D eigenvalue weighted by Gasteiger charge is 2.62. The van der Waals surface area contributed by atoms with Gasteiger partial charge in [-0.15, -0.1) is 0 Å². The fourth-order valence-electron chi connectivity index (χ4n) is 3.13. The van der Waals surface area contributed by atoms with E-state index in [0.29, 0.717) is 11.1 Å². The smallest absolute Gasteiger partial charge is 0.374 e. The van der Waals surface area contributed by atoms with Crippen LogP contribution in [0.15, 0.2) is 47.6 Å². The number of nitrogens with zero attached hydrogens (tertiary/aromatic N) is 1. The monoisotopic (exact) mass is 412 g/mol. The van der Waals surface area contributed by atoms with Crippen molar-refractivity contribution in [3.05, 3.63) is 70.5 Å². The molecule has 2 aromatic rings. The summed E-state index contributed by atoms with van der Waals surface area (Å²) in [6, 6.07) is 8.31. The molecule has 2 aromatic carbocycles. The van der Waals surface area contributed by atoms with Crippen molar-refractivity contribution in [1.29, 1.82) is 0 Å². The van der Waals surface area contributed by atoms with Gasteiger partial charge in [-0.1, -0.05) is 23.4 Å². The number of carbonyl (C=O) groups is 1. The SMILES string of the molecule is Cc1cc(C2=NOC(c3ccc(F)cc3)(C(F)(F)F)C2)ccc1C(=O)NCCF. The number of halogens is 5. The van der Waals surface area contributed by atoms with E-state index in [-0.39, 0.29) is 23.4 Å². The fraction of sp³-hybridized carbons (Fsp3) is 0.300. The molecule has 1 atom stereocenters. The molecule has 154 valence electrons. The number of carbonyl (C=O) groups excluding carboxylic acids is 1. The topological polar surface area (TPSA) is 50.7 Å². The molecular formula is C20H17F5N2O2. The molecule has 0 radical (unpaired) electrons. The third-order valence-corrected chi connectivity index (χ3v) is 4.68. The Morgan fingerprint density at radius 2 is 1.90 bits per heavy atom. The van der Waals surface area contributed by atoms with Gasteiger partial charge in [-0.3, -0.25) is 4.79 Å². The number of benzene rings is 2. The van der Waals surface area contributed by atoms with Gasteiger partial charge in [0.25, 0.3) is 11.5 Å². The third kappa shape index (κ3) is 3.94. The van der Waals surface area contributed by atoms with E-state index in [1.54, 1.807) is 6.92 Å². The molecule has 1 heterocycles. The lowest BCUT2D eigenvalue weighted by Gasteiger charge is -2.29. The Bertz CT molecular complexity index is 941. The number of alkyl halides is 4. The van der Waals surface area contributed by atoms with Gasteiger partial charge < -0.3 is 10.2 Å². The molecule has 0 saturated carbocycles. The molecule has 1 N–H and O–H groups in total. The number of aryl methyl sites for hydroxylation is 1. The lowest BCUT2D eigenvalue weighted by Crippen LogP contribution is -2.42. The third-order valence-electron chi connectivity index (χ3n) is 4.68. The summed E-state index contributed by atoms with van der Waals surface area (Å²) in [7, 11) is 0. The van der Waals surface area contributed by atoms with Crippen LogP contribution in [-0.2, 0) is 10.4 Å². The number of oxime groups is 1. The zero-order valence-corrected chi connectivity index (χ0v) is 15.3. The second-order valence-corrected chi connectivity index (χ2v) is 6.61. The summed E-state index contributed by atoms with van der Waals surface area (Å²) < 4.78 is 67.0. The number of nitrogens with one attached hydrogen (secondary N) is 1. The predicted molar refractivity (Wildman–Crippen MR) is 95.9 cm³/mol. The first kappa shape index (κ1) is 20.8. The molecule has 0 fully saturated rings. The number of amides is 1. The van der Waals surface area contributed by atoms with Crippen molar-refractivity contribution in [2.75, 3.05) is 13.2 Å². The van der Waals surface area contributed by atoms with Crippen molar-refractivity contribution in [3.8, 4) is 0 Å². The van der Waals surface area contributed by atoms with Gasteiger partial charge in [0, 0.05) is 24.1 Å². The highest BCUT2D eigenvalue weighted by atomic mass is 19.4. The Morgan fingerprint density at radius 3 is 2.48 bits per heavy atom. The molecule has 1 amide bonds. The highest BCUT2D eigenvalue weighted by molar-refractivity contribution is 6.03. The van der Waals surface area contributed by atoms with Gasteiger partial charge in [0.2, 0.25) is 0 Å². The van der Waals surface area contributed by atoms with E-state index in [0.717, 1.165) is 24.3 Å². The van der Waals surface area contributed by atoms with Gasteiger partial charge in [-0.05, 0) is 42.3 Å². The Labute approximate surface area is 163 Å². The Hall–Kier alpha value is -2.97. The molecule has 0 aromatic heterocycles. The molecule has 0 aliphatic carbocycles. The molecule has 0 bridgehead atoms. The van der Waals surface area contributed by atoms with Gasteiger partial charge in [-0.25, -0.2) is 8.78 Å². The van der Waals surface area contributed by atoms with Crippen LogP contribution in [0.3, 0.4) is 0 Å². The first-order chi connectivity index (χ1) is 13.7. The van der Waals surface area contributed by atoms with Crippen molar-refractivity contribution in [2.24, 2.45) is 5.16 Å². The van der Waals surface area contributed by atoms with Crippen LogP contribution in [0.2, 0.25) is 0 Å². The van der Waals surface area contributed by atoms with Crippen LogP contribution in [0.5, 0.6) is 0 Å². The normalized spacial score (nSPS) is 18.9. The highest BCUT2D eigenvalue weighted by Crippen LogP contribution is 2.48. The standard InChI is InChI=1S/C20H17F5N2O2/c1-12-10-13(2-7-16(12)18(28)26-9-8-21)17-11-19(29-27-17,20(23,24)25)14-3-5-15(22)6-4-14/h2-7,10H,8-9,11H2,1H3,(H,26,28). The average Bonchev–Trinajstić information content (AvgIpc) is 3.13. The zero-order valence-electron chi connectivity index (χ0n) is 15.3. The first-order valence-corrected chi connectivity index (χ1v) is 8.71. The molecule has 9 heteroatoms. The maximum atomic E-state index is 13.9.